The van der Waals surface area contributed by atoms with Crippen molar-refractivity contribution >= 4 is 11.8 Å². The van der Waals surface area contributed by atoms with Gasteiger partial charge < -0.3 is 29.2 Å². The normalized spacial score (nSPS) is 11.6. The fourth-order valence-corrected chi connectivity index (χ4v) is 3.53. The Bertz CT molecular complexity index is 945. The van der Waals surface area contributed by atoms with Crippen LogP contribution < -0.4 is 19.5 Å². The van der Waals surface area contributed by atoms with E-state index >= 15 is 0 Å². The standard InChI is InChI=1S/C27H38N2O6/c1-19(2)35-15-7-14-28-27(31)20(3)29(18-21-8-11-23(32-4)12-9-21)26(30)17-22-10-13-24(33-5)25(16-22)34-6/h8-13,16,19-20H,7,14-15,17-18H2,1-6H3,(H,28,31)/t20-/m1/s1. The van der Waals surface area contributed by atoms with Crippen molar-refractivity contribution in [2.24, 2.45) is 0 Å². The van der Waals surface area contributed by atoms with Crippen molar-refractivity contribution in [1.82, 2.24) is 10.2 Å². The van der Waals surface area contributed by atoms with Crippen molar-refractivity contribution in [1.29, 1.82) is 0 Å². The Morgan fingerprint density at radius 2 is 1.54 bits per heavy atom. The molecule has 0 aliphatic rings. The van der Waals surface area contributed by atoms with Crippen LogP contribution in [-0.4, -0.2) is 63.3 Å². The van der Waals surface area contributed by atoms with Gasteiger partial charge in [0.1, 0.15) is 11.8 Å². The van der Waals surface area contributed by atoms with Crippen molar-refractivity contribution in [2.45, 2.75) is 52.3 Å². The van der Waals surface area contributed by atoms with Gasteiger partial charge in [-0.2, -0.15) is 0 Å². The van der Waals surface area contributed by atoms with Crippen LogP contribution in [0, 0.1) is 0 Å². The zero-order chi connectivity index (χ0) is 25.8. The number of carbonyl (C=O) groups excluding carboxylic acids is 2. The van der Waals surface area contributed by atoms with Gasteiger partial charge in [0.25, 0.3) is 0 Å². The average Bonchev–Trinajstić information content (AvgIpc) is 2.86. The summed E-state index contributed by atoms with van der Waals surface area (Å²) in [4.78, 5) is 27.9. The molecule has 8 nitrogen and oxygen atoms in total. The molecule has 0 saturated heterocycles. The van der Waals surface area contributed by atoms with Gasteiger partial charge in [-0.3, -0.25) is 9.59 Å². The van der Waals surface area contributed by atoms with Crippen molar-refractivity contribution in [3.8, 4) is 17.2 Å². The first-order chi connectivity index (χ1) is 16.8. The molecule has 2 aromatic rings. The van der Waals surface area contributed by atoms with E-state index in [-0.39, 0.29) is 24.3 Å². The number of nitrogens with zero attached hydrogens (tertiary/aromatic N) is 1. The van der Waals surface area contributed by atoms with Gasteiger partial charge in [-0.1, -0.05) is 18.2 Å². The molecule has 8 heteroatoms. The highest BCUT2D eigenvalue weighted by Crippen LogP contribution is 2.28. The summed E-state index contributed by atoms with van der Waals surface area (Å²) in [5, 5.41) is 2.92. The molecule has 0 unspecified atom stereocenters. The van der Waals surface area contributed by atoms with Gasteiger partial charge in [0, 0.05) is 19.7 Å². The topological polar surface area (TPSA) is 86.3 Å². The number of hydrogen-bond donors (Lipinski definition) is 1. The summed E-state index contributed by atoms with van der Waals surface area (Å²) < 4.78 is 21.4. The van der Waals surface area contributed by atoms with Crippen LogP contribution in [0.3, 0.4) is 0 Å². The van der Waals surface area contributed by atoms with Gasteiger partial charge in [-0.15, -0.1) is 0 Å². The molecule has 1 atom stereocenters. The van der Waals surface area contributed by atoms with Crippen LogP contribution in [-0.2, 0) is 27.3 Å². The Morgan fingerprint density at radius 1 is 0.886 bits per heavy atom. The van der Waals surface area contributed by atoms with Crippen LogP contribution in [0.15, 0.2) is 42.5 Å². The number of carbonyl (C=O) groups is 2. The number of ether oxygens (including phenoxy) is 4. The molecular formula is C27H38N2O6. The molecule has 2 amide bonds. The molecule has 1 N–H and O–H groups in total. The van der Waals surface area contributed by atoms with Crippen LogP contribution in [0.5, 0.6) is 17.2 Å². The molecule has 2 aromatic carbocycles. The molecule has 0 bridgehead atoms. The molecule has 0 saturated carbocycles. The number of hydrogen-bond acceptors (Lipinski definition) is 6. The molecule has 0 heterocycles. The van der Waals surface area contributed by atoms with E-state index in [0.29, 0.717) is 37.6 Å². The second-order valence-electron chi connectivity index (χ2n) is 8.48. The lowest BCUT2D eigenvalue weighted by Gasteiger charge is -2.29. The average molecular weight is 487 g/mol. The van der Waals surface area contributed by atoms with E-state index in [4.69, 9.17) is 18.9 Å². The third-order valence-corrected chi connectivity index (χ3v) is 5.55. The molecule has 2 rings (SSSR count). The third-order valence-electron chi connectivity index (χ3n) is 5.55. The molecule has 0 aromatic heterocycles. The van der Waals surface area contributed by atoms with E-state index in [1.807, 2.05) is 44.2 Å². The Labute approximate surface area is 208 Å². The fourth-order valence-electron chi connectivity index (χ4n) is 3.53. The highest BCUT2D eigenvalue weighted by Gasteiger charge is 2.26. The predicted molar refractivity (Wildman–Crippen MR) is 135 cm³/mol. The zero-order valence-electron chi connectivity index (χ0n) is 21.6. The molecule has 192 valence electrons. The molecular weight excluding hydrogens is 448 g/mol. The zero-order valence-corrected chi connectivity index (χ0v) is 21.6. The Balaban J connectivity index is 2.15. The van der Waals surface area contributed by atoms with E-state index in [1.165, 1.54) is 0 Å². The van der Waals surface area contributed by atoms with Crippen LogP contribution in [0.2, 0.25) is 0 Å². The summed E-state index contributed by atoms with van der Waals surface area (Å²) >= 11 is 0. The summed E-state index contributed by atoms with van der Waals surface area (Å²) in [5.74, 6) is 1.50. The molecule has 0 radical (unpaired) electrons. The van der Waals surface area contributed by atoms with Crippen LogP contribution in [0.25, 0.3) is 0 Å². The first-order valence-corrected chi connectivity index (χ1v) is 11.8. The van der Waals surface area contributed by atoms with Gasteiger partial charge in [-0.25, -0.2) is 0 Å². The fraction of sp³-hybridized carbons (Fsp3) is 0.481. The van der Waals surface area contributed by atoms with Crippen molar-refractivity contribution in [2.75, 3.05) is 34.5 Å². The van der Waals surface area contributed by atoms with Gasteiger partial charge in [0.2, 0.25) is 11.8 Å². The van der Waals surface area contributed by atoms with Gasteiger partial charge >= 0.3 is 0 Å². The lowest BCUT2D eigenvalue weighted by molar-refractivity contribution is -0.140. The minimum absolute atomic E-state index is 0.121. The summed E-state index contributed by atoms with van der Waals surface area (Å²) in [6, 6.07) is 12.2. The maximum atomic E-state index is 13.4. The summed E-state index contributed by atoms with van der Waals surface area (Å²) in [6.07, 6.45) is 0.976. The van der Waals surface area contributed by atoms with Crippen molar-refractivity contribution < 1.29 is 28.5 Å². The quantitative estimate of drug-likeness (QED) is 0.411. The Hall–Kier alpha value is -3.26. The SMILES string of the molecule is COc1ccc(CN(C(=O)Cc2ccc(OC)c(OC)c2)[C@H](C)C(=O)NCCCOC(C)C)cc1. The van der Waals surface area contributed by atoms with E-state index in [2.05, 4.69) is 5.32 Å². The number of benzene rings is 2. The predicted octanol–water partition coefficient (Wildman–Crippen LogP) is 3.60. The maximum Gasteiger partial charge on any atom is 0.242 e. The van der Waals surface area contributed by atoms with E-state index < -0.39 is 6.04 Å². The monoisotopic (exact) mass is 486 g/mol. The van der Waals surface area contributed by atoms with Crippen molar-refractivity contribution in [3.63, 3.8) is 0 Å². The van der Waals surface area contributed by atoms with Gasteiger partial charge in [-0.05, 0) is 62.6 Å². The van der Waals surface area contributed by atoms with Crippen LogP contribution in [0.1, 0.15) is 38.3 Å². The summed E-state index contributed by atoms with van der Waals surface area (Å²) in [6.45, 7) is 7.04. The van der Waals surface area contributed by atoms with Crippen LogP contribution >= 0.6 is 0 Å². The molecule has 0 aliphatic heterocycles. The van der Waals surface area contributed by atoms with Gasteiger partial charge in [0.05, 0.1) is 33.9 Å². The lowest BCUT2D eigenvalue weighted by atomic mass is 10.1. The first-order valence-electron chi connectivity index (χ1n) is 11.8. The Morgan fingerprint density at radius 3 is 2.14 bits per heavy atom. The van der Waals surface area contributed by atoms with Crippen LogP contribution in [0.4, 0.5) is 0 Å². The largest absolute Gasteiger partial charge is 0.497 e. The molecule has 0 aliphatic carbocycles. The number of methoxy groups -OCH3 is 3. The third kappa shape index (κ3) is 8.79. The Kier molecular flexibility index (Phi) is 11.4. The highest BCUT2D eigenvalue weighted by atomic mass is 16.5. The van der Waals surface area contributed by atoms with E-state index in [0.717, 1.165) is 16.9 Å². The smallest absolute Gasteiger partial charge is 0.242 e. The summed E-state index contributed by atoms with van der Waals surface area (Å²) in [5.41, 5.74) is 1.67. The second-order valence-corrected chi connectivity index (χ2v) is 8.48. The summed E-state index contributed by atoms with van der Waals surface area (Å²) in [7, 11) is 4.72. The number of amides is 2. The second kappa shape index (κ2) is 14.2. The number of nitrogens with one attached hydrogen (secondary N) is 1. The lowest BCUT2D eigenvalue weighted by Crippen LogP contribution is -2.48. The van der Waals surface area contributed by atoms with Crippen molar-refractivity contribution in [3.05, 3.63) is 53.6 Å². The first kappa shape index (κ1) is 28.0. The molecule has 0 fully saturated rings. The van der Waals surface area contributed by atoms with Gasteiger partial charge in [0.15, 0.2) is 11.5 Å². The number of rotatable bonds is 14. The van der Waals surface area contributed by atoms with E-state index in [9.17, 15) is 9.59 Å². The maximum absolute atomic E-state index is 13.4. The highest BCUT2D eigenvalue weighted by molar-refractivity contribution is 5.88. The molecule has 35 heavy (non-hydrogen) atoms. The van der Waals surface area contributed by atoms with E-state index in [1.54, 1.807) is 45.3 Å². The molecule has 0 spiro atoms. The minimum atomic E-state index is -0.657. The minimum Gasteiger partial charge on any atom is -0.497 e.